The minimum absolute atomic E-state index is 0.0760. The van der Waals surface area contributed by atoms with Crippen LogP contribution in [0.5, 0.6) is 11.5 Å². The van der Waals surface area contributed by atoms with Gasteiger partial charge in [-0.05, 0) is 25.5 Å². The van der Waals surface area contributed by atoms with Crippen molar-refractivity contribution >= 4 is 5.91 Å². The first kappa shape index (κ1) is 9.83. The summed E-state index contributed by atoms with van der Waals surface area (Å²) in [5.74, 6) is 0.484. The normalized spacial score (nSPS) is 18.6. The molecule has 2 N–H and O–H groups in total. The van der Waals surface area contributed by atoms with E-state index in [4.69, 9.17) is 4.74 Å². The van der Waals surface area contributed by atoms with Gasteiger partial charge in [-0.1, -0.05) is 0 Å². The van der Waals surface area contributed by atoms with Gasteiger partial charge in [0.2, 0.25) is 0 Å². The van der Waals surface area contributed by atoms with Crippen molar-refractivity contribution in [1.82, 2.24) is 5.32 Å². The van der Waals surface area contributed by atoms with Crippen LogP contribution in [0.4, 0.5) is 0 Å². The Balaban J connectivity index is 2.75. The van der Waals surface area contributed by atoms with E-state index in [1.165, 1.54) is 7.11 Å². The van der Waals surface area contributed by atoms with Crippen molar-refractivity contribution in [2.45, 2.75) is 19.9 Å². The van der Waals surface area contributed by atoms with Gasteiger partial charge in [0.25, 0.3) is 5.91 Å². The zero-order valence-corrected chi connectivity index (χ0v) is 8.92. The SMILES string of the molecule is COc1c(C)c(O)cc2c1C(=O)N[C@@H]2C. The molecule has 1 aromatic rings. The monoisotopic (exact) mass is 207 g/mol. The molecule has 15 heavy (non-hydrogen) atoms. The van der Waals surface area contributed by atoms with E-state index >= 15 is 0 Å². The summed E-state index contributed by atoms with van der Waals surface area (Å²) in [4.78, 5) is 11.6. The molecule has 1 aromatic carbocycles. The van der Waals surface area contributed by atoms with Crippen molar-refractivity contribution in [2.24, 2.45) is 0 Å². The molecule has 1 aliphatic rings. The quantitative estimate of drug-likeness (QED) is 0.734. The minimum atomic E-state index is -0.141. The molecular weight excluding hydrogens is 194 g/mol. The van der Waals surface area contributed by atoms with Gasteiger partial charge in [-0.3, -0.25) is 4.79 Å². The van der Waals surface area contributed by atoms with Crippen molar-refractivity contribution in [1.29, 1.82) is 0 Å². The highest BCUT2D eigenvalue weighted by Crippen LogP contribution is 2.39. The molecule has 0 fully saturated rings. The Labute approximate surface area is 87.9 Å². The topological polar surface area (TPSA) is 58.6 Å². The summed E-state index contributed by atoms with van der Waals surface area (Å²) in [6.45, 7) is 3.60. The van der Waals surface area contributed by atoms with Crippen LogP contribution in [0, 0.1) is 6.92 Å². The third-order valence-corrected chi connectivity index (χ3v) is 2.78. The number of phenolic OH excluding ortho intramolecular Hbond substituents is 1. The number of rotatable bonds is 1. The zero-order valence-electron chi connectivity index (χ0n) is 8.92. The van der Waals surface area contributed by atoms with E-state index in [0.717, 1.165) is 5.56 Å². The van der Waals surface area contributed by atoms with Crippen LogP contribution in [0.25, 0.3) is 0 Å². The number of methoxy groups -OCH3 is 1. The van der Waals surface area contributed by atoms with Crippen LogP contribution in [0.3, 0.4) is 0 Å². The summed E-state index contributed by atoms with van der Waals surface area (Å²) in [7, 11) is 1.50. The molecule has 0 aliphatic carbocycles. The number of amides is 1. The van der Waals surface area contributed by atoms with Gasteiger partial charge in [0.05, 0.1) is 18.7 Å². The second-order valence-electron chi connectivity index (χ2n) is 3.71. The Kier molecular flexibility index (Phi) is 2.07. The van der Waals surface area contributed by atoms with E-state index < -0.39 is 0 Å². The second-order valence-corrected chi connectivity index (χ2v) is 3.71. The fraction of sp³-hybridized carbons (Fsp3) is 0.364. The van der Waals surface area contributed by atoms with Crippen LogP contribution in [-0.2, 0) is 0 Å². The predicted molar refractivity (Wildman–Crippen MR) is 55.3 cm³/mol. The van der Waals surface area contributed by atoms with Gasteiger partial charge in [-0.15, -0.1) is 0 Å². The molecule has 0 saturated heterocycles. The molecule has 1 amide bonds. The molecule has 4 nitrogen and oxygen atoms in total. The van der Waals surface area contributed by atoms with Gasteiger partial charge in [0, 0.05) is 5.56 Å². The van der Waals surface area contributed by atoms with Crippen LogP contribution >= 0.6 is 0 Å². The lowest BCUT2D eigenvalue weighted by molar-refractivity contribution is 0.0956. The maximum Gasteiger partial charge on any atom is 0.255 e. The van der Waals surface area contributed by atoms with Crippen LogP contribution in [0.1, 0.15) is 34.5 Å². The first-order valence-electron chi connectivity index (χ1n) is 4.77. The van der Waals surface area contributed by atoms with Crippen molar-refractivity contribution in [3.63, 3.8) is 0 Å². The molecule has 1 heterocycles. The molecule has 4 heteroatoms. The smallest absolute Gasteiger partial charge is 0.255 e. The number of phenols is 1. The van der Waals surface area contributed by atoms with Crippen LogP contribution in [0.15, 0.2) is 6.07 Å². The number of carbonyl (C=O) groups excluding carboxylic acids is 1. The zero-order chi connectivity index (χ0) is 11.2. The molecule has 1 atom stereocenters. The molecule has 80 valence electrons. The van der Waals surface area contributed by atoms with Gasteiger partial charge in [-0.25, -0.2) is 0 Å². The lowest BCUT2D eigenvalue weighted by atomic mass is 10.0. The third-order valence-electron chi connectivity index (χ3n) is 2.78. The maximum atomic E-state index is 11.6. The van der Waals surface area contributed by atoms with Gasteiger partial charge in [0.15, 0.2) is 0 Å². The second kappa shape index (κ2) is 3.15. The molecular formula is C11H13NO3. The summed E-state index contributed by atoms with van der Waals surface area (Å²) in [5.41, 5.74) is 1.93. The number of nitrogens with one attached hydrogen (secondary N) is 1. The van der Waals surface area contributed by atoms with E-state index in [0.29, 0.717) is 16.9 Å². The highest BCUT2D eigenvalue weighted by molar-refractivity contribution is 6.02. The van der Waals surface area contributed by atoms with E-state index in [1.807, 2.05) is 6.92 Å². The molecule has 0 bridgehead atoms. The average Bonchev–Trinajstić information content (AvgIpc) is 2.45. The van der Waals surface area contributed by atoms with Gasteiger partial charge < -0.3 is 15.2 Å². The molecule has 0 spiro atoms. The number of carbonyl (C=O) groups is 1. The average molecular weight is 207 g/mol. The summed E-state index contributed by atoms with van der Waals surface area (Å²) in [6, 6.07) is 1.54. The molecule has 0 saturated carbocycles. The van der Waals surface area contributed by atoms with Crippen LogP contribution in [0.2, 0.25) is 0 Å². The first-order chi connectivity index (χ1) is 7.06. The summed E-state index contributed by atoms with van der Waals surface area (Å²) in [5, 5.41) is 12.5. The van der Waals surface area contributed by atoms with E-state index in [-0.39, 0.29) is 17.7 Å². The summed E-state index contributed by atoms with van der Waals surface area (Å²) < 4.78 is 5.17. The third kappa shape index (κ3) is 1.25. The Morgan fingerprint density at radius 2 is 2.20 bits per heavy atom. The molecule has 2 rings (SSSR count). The van der Waals surface area contributed by atoms with Crippen molar-refractivity contribution < 1.29 is 14.6 Å². The molecule has 1 aliphatic heterocycles. The van der Waals surface area contributed by atoms with Gasteiger partial charge in [0.1, 0.15) is 11.5 Å². The lowest BCUT2D eigenvalue weighted by Crippen LogP contribution is -2.16. The minimum Gasteiger partial charge on any atom is -0.508 e. The van der Waals surface area contributed by atoms with Crippen LogP contribution in [-0.4, -0.2) is 18.1 Å². The highest BCUT2D eigenvalue weighted by atomic mass is 16.5. The standard InChI is InChI=1S/C11H13NO3/c1-5-8(13)4-7-6(2)12-11(14)9(7)10(5)15-3/h4,6,13H,1-3H3,(H,12,14)/t6-/m1/s1. The summed E-state index contributed by atoms with van der Waals surface area (Å²) in [6.07, 6.45) is 0. The van der Waals surface area contributed by atoms with Crippen molar-refractivity contribution in [3.8, 4) is 11.5 Å². The van der Waals surface area contributed by atoms with E-state index in [2.05, 4.69) is 5.32 Å². The Morgan fingerprint density at radius 3 is 2.80 bits per heavy atom. The van der Waals surface area contributed by atoms with E-state index in [9.17, 15) is 9.90 Å². The van der Waals surface area contributed by atoms with Crippen LogP contribution < -0.4 is 10.1 Å². The maximum absolute atomic E-state index is 11.6. The number of benzene rings is 1. The van der Waals surface area contributed by atoms with E-state index in [1.54, 1.807) is 13.0 Å². The van der Waals surface area contributed by atoms with Gasteiger partial charge in [-0.2, -0.15) is 0 Å². The number of ether oxygens (including phenoxy) is 1. The molecule has 0 unspecified atom stereocenters. The van der Waals surface area contributed by atoms with Gasteiger partial charge >= 0.3 is 0 Å². The number of hydrogen-bond donors (Lipinski definition) is 2. The molecule has 0 aromatic heterocycles. The Hall–Kier alpha value is -1.71. The highest BCUT2D eigenvalue weighted by Gasteiger charge is 2.31. The Bertz CT molecular complexity index is 440. The van der Waals surface area contributed by atoms with Crippen molar-refractivity contribution in [2.75, 3.05) is 7.11 Å². The fourth-order valence-corrected chi connectivity index (χ4v) is 1.94. The first-order valence-corrected chi connectivity index (χ1v) is 4.77. The number of aromatic hydroxyl groups is 1. The Morgan fingerprint density at radius 1 is 1.53 bits per heavy atom. The fourth-order valence-electron chi connectivity index (χ4n) is 1.94. The largest absolute Gasteiger partial charge is 0.508 e. The molecule has 0 radical (unpaired) electrons. The van der Waals surface area contributed by atoms with Crippen molar-refractivity contribution in [3.05, 3.63) is 22.8 Å². The number of fused-ring (bicyclic) bond motifs is 1. The lowest BCUT2D eigenvalue weighted by Gasteiger charge is -2.11. The number of hydrogen-bond acceptors (Lipinski definition) is 3. The predicted octanol–water partition coefficient (Wildman–Crippen LogP) is 1.51. The summed E-state index contributed by atoms with van der Waals surface area (Å²) >= 11 is 0.